The maximum atomic E-state index is 13.1. The van der Waals surface area contributed by atoms with Crippen molar-refractivity contribution < 1.29 is 22.7 Å². The molecule has 0 aliphatic carbocycles. The lowest BCUT2D eigenvalue weighted by atomic mass is 10.2. The molecule has 1 N–H and O–H groups in total. The van der Waals surface area contributed by atoms with Crippen LogP contribution in [-0.2, 0) is 26.1 Å². The van der Waals surface area contributed by atoms with Crippen molar-refractivity contribution in [1.82, 2.24) is 8.87 Å². The number of benzene rings is 2. The van der Waals surface area contributed by atoms with E-state index in [1.807, 2.05) is 19.9 Å². The summed E-state index contributed by atoms with van der Waals surface area (Å²) < 4.78 is 35.7. The van der Waals surface area contributed by atoms with E-state index in [-0.39, 0.29) is 48.2 Å². The number of nitrogens with zero attached hydrogens (tertiary/aromatic N) is 3. The summed E-state index contributed by atoms with van der Waals surface area (Å²) in [5.41, 5.74) is 1.66. The van der Waals surface area contributed by atoms with Crippen molar-refractivity contribution in [3.8, 4) is 12.3 Å². The molecule has 0 bridgehead atoms. The van der Waals surface area contributed by atoms with Crippen molar-refractivity contribution in [3.05, 3.63) is 52.8 Å². The van der Waals surface area contributed by atoms with Crippen LogP contribution < -0.4 is 10.1 Å². The van der Waals surface area contributed by atoms with Crippen LogP contribution in [0.5, 0.6) is 0 Å². The molecule has 1 saturated heterocycles. The molecule has 2 heterocycles. The van der Waals surface area contributed by atoms with Crippen molar-refractivity contribution >= 4 is 49.1 Å². The summed E-state index contributed by atoms with van der Waals surface area (Å²) >= 11 is 1.27. The van der Waals surface area contributed by atoms with E-state index < -0.39 is 15.9 Å². The molecular formula is C25H26N4O5S2. The zero-order valence-electron chi connectivity index (χ0n) is 20.1. The van der Waals surface area contributed by atoms with Gasteiger partial charge in [0.2, 0.25) is 15.9 Å². The molecule has 1 fully saturated rings. The van der Waals surface area contributed by atoms with Crippen molar-refractivity contribution in [2.75, 3.05) is 18.4 Å². The highest BCUT2D eigenvalue weighted by molar-refractivity contribution is 7.89. The molecule has 3 aromatic rings. The van der Waals surface area contributed by atoms with Crippen LogP contribution in [-0.4, -0.2) is 54.4 Å². The van der Waals surface area contributed by atoms with Gasteiger partial charge in [-0.25, -0.2) is 8.42 Å². The third-order valence-electron chi connectivity index (χ3n) is 5.57. The van der Waals surface area contributed by atoms with E-state index in [1.165, 1.54) is 46.8 Å². The zero-order chi connectivity index (χ0) is 26.0. The maximum absolute atomic E-state index is 13.1. The Balaban J connectivity index is 1.64. The molecule has 2 atom stereocenters. The molecule has 1 aliphatic rings. The number of nitrogens with one attached hydrogen (secondary N) is 1. The SMILES string of the molecule is C#CCn1c(=NC(=O)c2ccc(S(=O)(=O)N3CC(C)OC(C)C3)cc2)sc2cc(NC(C)=O)ccc21. The lowest BCUT2D eigenvalue weighted by Gasteiger charge is -2.34. The van der Waals surface area contributed by atoms with Crippen LogP contribution in [0, 0.1) is 12.3 Å². The largest absolute Gasteiger partial charge is 0.373 e. The maximum Gasteiger partial charge on any atom is 0.279 e. The van der Waals surface area contributed by atoms with Gasteiger partial charge in [0.1, 0.15) is 0 Å². The number of anilines is 1. The van der Waals surface area contributed by atoms with Crippen molar-refractivity contribution in [3.63, 3.8) is 0 Å². The van der Waals surface area contributed by atoms with Gasteiger partial charge < -0.3 is 14.6 Å². The number of morpholine rings is 1. The van der Waals surface area contributed by atoms with Gasteiger partial charge in [-0.05, 0) is 56.3 Å². The molecule has 2 amide bonds. The molecule has 2 unspecified atom stereocenters. The molecule has 36 heavy (non-hydrogen) atoms. The minimum atomic E-state index is -3.72. The summed E-state index contributed by atoms with van der Waals surface area (Å²) in [6.45, 7) is 5.85. The second kappa shape index (κ2) is 10.4. The van der Waals surface area contributed by atoms with Gasteiger partial charge in [0.05, 0.1) is 33.9 Å². The first-order valence-electron chi connectivity index (χ1n) is 11.3. The number of terminal acetylenes is 1. The quantitative estimate of drug-likeness (QED) is 0.514. The molecule has 4 rings (SSSR count). The van der Waals surface area contributed by atoms with Crippen molar-refractivity contribution in [2.45, 2.75) is 44.4 Å². The van der Waals surface area contributed by atoms with Crippen molar-refractivity contribution in [2.24, 2.45) is 4.99 Å². The van der Waals surface area contributed by atoms with E-state index in [2.05, 4.69) is 16.2 Å². The summed E-state index contributed by atoms with van der Waals surface area (Å²) in [5, 5.41) is 2.73. The Bertz CT molecular complexity index is 1520. The number of hydrogen-bond donors (Lipinski definition) is 1. The Morgan fingerprint density at radius 3 is 2.44 bits per heavy atom. The average molecular weight is 527 g/mol. The highest BCUT2D eigenvalue weighted by Gasteiger charge is 2.32. The molecule has 11 heteroatoms. The van der Waals surface area contributed by atoms with E-state index in [1.54, 1.807) is 16.7 Å². The van der Waals surface area contributed by atoms with E-state index >= 15 is 0 Å². The predicted octanol–water partition coefficient (Wildman–Crippen LogP) is 2.83. The minimum absolute atomic E-state index is 0.107. The van der Waals surface area contributed by atoms with Crippen molar-refractivity contribution in [1.29, 1.82) is 0 Å². The van der Waals surface area contributed by atoms with E-state index in [0.29, 0.717) is 10.5 Å². The summed E-state index contributed by atoms with van der Waals surface area (Å²) in [6, 6.07) is 11.1. The lowest BCUT2D eigenvalue weighted by molar-refractivity contribution is -0.114. The van der Waals surface area contributed by atoms with E-state index in [0.717, 1.165) is 10.2 Å². The van der Waals surface area contributed by atoms with Crippen LogP contribution in [0.3, 0.4) is 0 Å². The molecular weight excluding hydrogens is 500 g/mol. The van der Waals surface area contributed by atoms with Gasteiger partial charge in [-0.15, -0.1) is 6.42 Å². The number of carbonyl (C=O) groups excluding carboxylic acids is 2. The highest BCUT2D eigenvalue weighted by Crippen LogP contribution is 2.23. The monoisotopic (exact) mass is 526 g/mol. The molecule has 0 radical (unpaired) electrons. The number of thiazole rings is 1. The van der Waals surface area contributed by atoms with Gasteiger partial charge in [-0.3, -0.25) is 9.59 Å². The van der Waals surface area contributed by atoms with Crippen LogP contribution >= 0.6 is 11.3 Å². The molecule has 1 aliphatic heterocycles. The van der Waals surface area contributed by atoms with Gasteiger partial charge in [0.25, 0.3) is 5.91 Å². The Kier molecular flexibility index (Phi) is 7.42. The normalized spacial score (nSPS) is 19.2. The number of carbonyl (C=O) groups is 2. The summed E-state index contributed by atoms with van der Waals surface area (Å²) in [6.07, 6.45) is 5.13. The lowest BCUT2D eigenvalue weighted by Crippen LogP contribution is -2.48. The average Bonchev–Trinajstić information content (AvgIpc) is 3.14. The van der Waals surface area contributed by atoms with E-state index in [4.69, 9.17) is 11.2 Å². The number of aromatic nitrogens is 1. The number of rotatable bonds is 5. The first-order chi connectivity index (χ1) is 17.1. The van der Waals surface area contributed by atoms with E-state index in [9.17, 15) is 18.0 Å². The topological polar surface area (TPSA) is 110 Å². The first kappa shape index (κ1) is 25.8. The van der Waals surface area contributed by atoms with Crippen LogP contribution in [0.1, 0.15) is 31.1 Å². The molecule has 188 valence electrons. The van der Waals surface area contributed by atoms with Gasteiger partial charge in [-0.1, -0.05) is 17.3 Å². The number of ether oxygens (including phenoxy) is 1. The molecule has 2 aromatic carbocycles. The van der Waals surface area contributed by atoms with Gasteiger partial charge >= 0.3 is 0 Å². The minimum Gasteiger partial charge on any atom is -0.373 e. The first-order valence-corrected chi connectivity index (χ1v) is 13.5. The second-order valence-corrected chi connectivity index (χ2v) is 11.5. The smallest absolute Gasteiger partial charge is 0.279 e. The fourth-order valence-corrected chi connectivity index (χ4v) is 6.74. The summed E-state index contributed by atoms with van der Waals surface area (Å²) in [4.78, 5) is 29.1. The van der Waals surface area contributed by atoms with Gasteiger partial charge in [-0.2, -0.15) is 9.30 Å². The van der Waals surface area contributed by atoms with Gasteiger partial charge in [0.15, 0.2) is 4.80 Å². The number of amides is 2. The van der Waals surface area contributed by atoms with Crippen LogP contribution in [0.4, 0.5) is 5.69 Å². The fourth-order valence-electron chi connectivity index (χ4n) is 4.08. The third-order valence-corrected chi connectivity index (χ3v) is 8.46. The molecule has 0 spiro atoms. The standard InChI is InChI=1S/C25H26N4O5S2/c1-5-12-29-22-11-8-20(26-18(4)30)13-23(22)35-25(29)27-24(31)19-6-9-21(10-7-19)36(32,33)28-14-16(2)34-17(3)15-28/h1,6-11,13,16-17H,12,14-15H2,2-4H3,(H,26,30). The van der Waals surface area contributed by atoms with Crippen LogP contribution in [0.25, 0.3) is 10.2 Å². The molecule has 9 nitrogen and oxygen atoms in total. The fraction of sp³-hybridized carbons (Fsp3) is 0.320. The Hall–Kier alpha value is -3.30. The summed E-state index contributed by atoms with van der Waals surface area (Å²) in [5.74, 6) is 1.86. The number of sulfonamides is 1. The molecule has 0 saturated carbocycles. The zero-order valence-corrected chi connectivity index (χ0v) is 21.7. The molecule has 1 aromatic heterocycles. The van der Waals surface area contributed by atoms with Gasteiger partial charge in [0, 0.05) is 31.3 Å². The van der Waals surface area contributed by atoms with Crippen LogP contribution in [0.2, 0.25) is 0 Å². The third kappa shape index (κ3) is 5.42. The Morgan fingerprint density at radius 1 is 1.17 bits per heavy atom. The van der Waals surface area contributed by atoms with Crippen LogP contribution in [0.15, 0.2) is 52.4 Å². The Morgan fingerprint density at radius 2 is 1.83 bits per heavy atom. The highest BCUT2D eigenvalue weighted by atomic mass is 32.2. The predicted molar refractivity (Wildman–Crippen MR) is 138 cm³/mol. The Labute approximate surface area is 213 Å². The summed E-state index contributed by atoms with van der Waals surface area (Å²) in [7, 11) is -3.72. The number of hydrogen-bond acceptors (Lipinski definition) is 6. The second-order valence-electron chi connectivity index (χ2n) is 8.56. The number of fused-ring (bicyclic) bond motifs is 1.